The molecular formula is C14H11BrFNO3S. The van der Waals surface area contributed by atoms with E-state index in [9.17, 15) is 17.6 Å². The van der Waals surface area contributed by atoms with Crippen LogP contribution < -0.4 is 4.72 Å². The van der Waals surface area contributed by atoms with E-state index in [1.165, 1.54) is 43.3 Å². The number of anilines is 1. The fraction of sp³-hybridized carbons (Fsp3) is 0.0714. The number of sulfonamides is 1. The second kappa shape index (κ2) is 5.95. The Morgan fingerprint density at radius 2 is 1.86 bits per heavy atom. The molecule has 0 aromatic heterocycles. The third-order valence-corrected chi connectivity index (χ3v) is 4.76. The van der Waals surface area contributed by atoms with Crippen molar-refractivity contribution in [2.45, 2.75) is 11.8 Å². The second-order valence-corrected chi connectivity index (χ2v) is 6.82. The van der Waals surface area contributed by atoms with Crippen molar-refractivity contribution in [3.63, 3.8) is 0 Å². The van der Waals surface area contributed by atoms with E-state index in [0.29, 0.717) is 0 Å². The quantitative estimate of drug-likeness (QED) is 0.835. The number of hydrogen-bond donors (Lipinski definition) is 1. The molecule has 0 spiro atoms. The van der Waals surface area contributed by atoms with E-state index in [2.05, 4.69) is 20.7 Å². The lowest BCUT2D eigenvalue weighted by Crippen LogP contribution is -2.15. The van der Waals surface area contributed by atoms with Crippen LogP contribution in [0.25, 0.3) is 0 Å². The molecule has 0 aliphatic heterocycles. The number of nitrogens with one attached hydrogen (secondary N) is 1. The van der Waals surface area contributed by atoms with Crippen LogP contribution in [-0.4, -0.2) is 14.2 Å². The zero-order chi connectivity index (χ0) is 15.6. The zero-order valence-corrected chi connectivity index (χ0v) is 13.3. The summed E-state index contributed by atoms with van der Waals surface area (Å²) in [6.07, 6.45) is 0. The molecule has 0 heterocycles. The molecule has 2 aromatic carbocycles. The molecule has 0 amide bonds. The third-order valence-electron chi connectivity index (χ3n) is 2.75. The molecule has 1 N–H and O–H groups in total. The summed E-state index contributed by atoms with van der Waals surface area (Å²) < 4.78 is 40.7. The summed E-state index contributed by atoms with van der Waals surface area (Å²) >= 11 is 3.09. The largest absolute Gasteiger partial charge is 0.295 e. The van der Waals surface area contributed by atoms with Crippen molar-refractivity contribution in [1.82, 2.24) is 0 Å². The standard InChI is InChI=1S/C14H11BrFNO3S/c1-9(18)10-4-2-5-11(8-10)21(19,20)17-14-12(15)6-3-7-13(14)16/h2-8,17H,1H3. The molecule has 2 aromatic rings. The van der Waals surface area contributed by atoms with Gasteiger partial charge in [0.05, 0.1) is 10.6 Å². The second-order valence-electron chi connectivity index (χ2n) is 4.29. The molecule has 2 rings (SSSR count). The van der Waals surface area contributed by atoms with Gasteiger partial charge in [-0.25, -0.2) is 12.8 Å². The molecule has 7 heteroatoms. The number of hydrogen-bond acceptors (Lipinski definition) is 3. The molecule has 0 fully saturated rings. The highest BCUT2D eigenvalue weighted by atomic mass is 79.9. The van der Waals surface area contributed by atoms with Crippen molar-refractivity contribution in [3.8, 4) is 0 Å². The Morgan fingerprint density at radius 3 is 2.48 bits per heavy atom. The maximum absolute atomic E-state index is 13.7. The van der Waals surface area contributed by atoms with Gasteiger partial charge >= 0.3 is 0 Å². The van der Waals surface area contributed by atoms with Crippen molar-refractivity contribution < 1.29 is 17.6 Å². The highest BCUT2D eigenvalue weighted by molar-refractivity contribution is 9.10. The van der Waals surface area contributed by atoms with Crippen LogP contribution in [0.15, 0.2) is 51.8 Å². The number of para-hydroxylation sites is 1. The molecule has 0 atom stereocenters. The predicted octanol–water partition coefficient (Wildman–Crippen LogP) is 3.59. The fourth-order valence-electron chi connectivity index (χ4n) is 1.67. The van der Waals surface area contributed by atoms with Gasteiger partial charge < -0.3 is 0 Å². The van der Waals surface area contributed by atoms with Crippen LogP contribution in [0.3, 0.4) is 0 Å². The minimum Gasteiger partial charge on any atom is -0.295 e. The van der Waals surface area contributed by atoms with Crippen molar-refractivity contribution >= 4 is 37.4 Å². The van der Waals surface area contributed by atoms with Crippen LogP contribution in [0, 0.1) is 5.82 Å². The van der Waals surface area contributed by atoms with Gasteiger partial charge in [0, 0.05) is 10.0 Å². The Hall–Kier alpha value is -1.73. The van der Waals surface area contributed by atoms with Crippen LogP contribution in [-0.2, 0) is 10.0 Å². The minimum absolute atomic E-state index is 0.106. The first-order valence-electron chi connectivity index (χ1n) is 5.89. The van der Waals surface area contributed by atoms with Gasteiger partial charge in [-0.3, -0.25) is 9.52 Å². The molecule has 0 radical (unpaired) electrons. The van der Waals surface area contributed by atoms with Crippen molar-refractivity contribution in [1.29, 1.82) is 0 Å². The van der Waals surface area contributed by atoms with Crippen molar-refractivity contribution in [2.75, 3.05) is 4.72 Å². The summed E-state index contributed by atoms with van der Waals surface area (Å²) in [6.45, 7) is 1.34. The number of ketones is 1. The van der Waals surface area contributed by atoms with E-state index in [1.807, 2.05) is 0 Å². The molecule has 0 aliphatic carbocycles. The van der Waals surface area contributed by atoms with Gasteiger partial charge in [-0.1, -0.05) is 18.2 Å². The van der Waals surface area contributed by atoms with Gasteiger partial charge in [-0.2, -0.15) is 0 Å². The summed E-state index contributed by atoms with van der Waals surface area (Å²) in [7, 11) is -3.99. The lowest BCUT2D eigenvalue weighted by atomic mass is 10.2. The van der Waals surface area contributed by atoms with Gasteiger partial charge in [0.15, 0.2) is 5.78 Å². The first-order chi connectivity index (χ1) is 9.81. The Bertz CT molecular complexity index is 785. The first-order valence-corrected chi connectivity index (χ1v) is 8.17. The number of rotatable bonds is 4. The summed E-state index contributed by atoms with van der Waals surface area (Å²) in [5.74, 6) is -0.949. The smallest absolute Gasteiger partial charge is 0.262 e. The molecule has 0 unspecified atom stereocenters. The minimum atomic E-state index is -3.99. The summed E-state index contributed by atoms with van der Waals surface area (Å²) in [5.41, 5.74) is 0.0937. The zero-order valence-electron chi connectivity index (χ0n) is 10.9. The van der Waals surface area contributed by atoms with Crippen molar-refractivity contribution in [2.24, 2.45) is 0 Å². The van der Waals surface area contributed by atoms with E-state index in [-0.39, 0.29) is 26.4 Å². The van der Waals surface area contributed by atoms with E-state index in [1.54, 1.807) is 0 Å². The number of Topliss-reactive ketones (excluding diaryl/α,β-unsaturated/α-hetero) is 1. The highest BCUT2D eigenvalue weighted by Crippen LogP contribution is 2.27. The lowest BCUT2D eigenvalue weighted by molar-refractivity contribution is 0.101. The Balaban J connectivity index is 2.44. The molecule has 0 saturated carbocycles. The maximum atomic E-state index is 13.7. The first kappa shape index (κ1) is 15.7. The fourth-order valence-corrected chi connectivity index (χ4v) is 3.38. The monoisotopic (exact) mass is 371 g/mol. The normalized spacial score (nSPS) is 11.2. The lowest BCUT2D eigenvalue weighted by Gasteiger charge is -2.11. The number of halogens is 2. The molecule has 21 heavy (non-hydrogen) atoms. The number of carbonyl (C=O) groups is 1. The van der Waals surface area contributed by atoms with Crippen LogP contribution >= 0.6 is 15.9 Å². The SMILES string of the molecule is CC(=O)c1cccc(S(=O)(=O)Nc2c(F)cccc2Br)c1. The molecule has 0 saturated heterocycles. The van der Waals surface area contributed by atoms with Crippen molar-refractivity contribution in [3.05, 3.63) is 58.3 Å². The van der Waals surface area contributed by atoms with Crippen LogP contribution in [0.2, 0.25) is 0 Å². The van der Waals surface area contributed by atoms with Crippen LogP contribution in [0.5, 0.6) is 0 Å². The average molecular weight is 372 g/mol. The van der Waals surface area contributed by atoms with Gasteiger partial charge in [-0.05, 0) is 47.1 Å². The number of carbonyl (C=O) groups excluding carboxylic acids is 1. The molecule has 110 valence electrons. The summed E-state index contributed by atoms with van der Waals surface area (Å²) in [5, 5.41) is 0. The van der Waals surface area contributed by atoms with Gasteiger partial charge in [0.2, 0.25) is 0 Å². The third kappa shape index (κ3) is 3.48. The van der Waals surface area contributed by atoms with E-state index < -0.39 is 15.8 Å². The predicted molar refractivity (Wildman–Crippen MR) is 81.4 cm³/mol. The number of benzene rings is 2. The summed E-state index contributed by atoms with van der Waals surface area (Å²) in [4.78, 5) is 11.2. The Morgan fingerprint density at radius 1 is 1.19 bits per heavy atom. The van der Waals surface area contributed by atoms with Gasteiger partial charge in [0.1, 0.15) is 5.82 Å². The van der Waals surface area contributed by atoms with E-state index in [4.69, 9.17) is 0 Å². The molecular weight excluding hydrogens is 361 g/mol. The average Bonchev–Trinajstić information content (AvgIpc) is 2.43. The van der Waals surface area contributed by atoms with Gasteiger partial charge in [0.25, 0.3) is 10.0 Å². The highest BCUT2D eigenvalue weighted by Gasteiger charge is 2.19. The van der Waals surface area contributed by atoms with Gasteiger partial charge in [-0.15, -0.1) is 0 Å². The molecule has 4 nitrogen and oxygen atoms in total. The van der Waals surface area contributed by atoms with Crippen LogP contribution in [0.4, 0.5) is 10.1 Å². The molecule has 0 aliphatic rings. The molecule has 0 bridgehead atoms. The Labute approximate surface area is 130 Å². The summed E-state index contributed by atoms with van der Waals surface area (Å²) in [6, 6.07) is 9.68. The Kier molecular flexibility index (Phi) is 4.43. The van der Waals surface area contributed by atoms with E-state index in [0.717, 1.165) is 6.07 Å². The van der Waals surface area contributed by atoms with Crippen LogP contribution in [0.1, 0.15) is 17.3 Å². The maximum Gasteiger partial charge on any atom is 0.262 e. The topological polar surface area (TPSA) is 63.2 Å². The van der Waals surface area contributed by atoms with E-state index >= 15 is 0 Å².